The lowest BCUT2D eigenvalue weighted by molar-refractivity contribution is -0.267. The van der Waals surface area contributed by atoms with E-state index in [2.05, 4.69) is 20.8 Å². The molecule has 0 N–H and O–H groups in total. The van der Waals surface area contributed by atoms with E-state index in [0.717, 1.165) is 6.42 Å². The molecule has 0 unspecified atom stereocenters. The molecular formula is C14H30O4. The Morgan fingerprint density at radius 3 is 1.61 bits per heavy atom. The molecule has 0 radical (unpaired) electrons. The monoisotopic (exact) mass is 262 g/mol. The van der Waals surface area contributed by atoms with Gasteiger partial charge in [0.2, 0.25) is 0 Å². The van der Waals surface area contributed by atoms with Crippen molar-refractivity contribution >= 4 is 0 Å². The Kier molecular flexibility index (Phi) is 8.03. The van der Waals surface area contributed by atoms with Crippen LogP contribution >= 0.6 is 0 Å². The lowest BCUT2D eigenvalue weighted by Crippen LogP contribution is -2.42. The normalized spacial score (nSPS) is 13.3. The molecule has 0 aliphatic rings. The van der Waals surface area contributed by atoms with E-state index in [0.29, 0.717) is 19.6 Å². The van der Waals surface area contributed by atoms with Crippen LogP contribution in [0.25, 0.3) is 0 Å². The first kappa shape index (κ1) is 17.8. The van der Waals surface area contributed by atoms with Crippen molar-refractivity contribution in [1.82, 2.24) is 0 Å². The lowest BCUT2D eigenvalue weighted by Gasteiger charge is -2.38. The van der Waals surface area contributed by atoms with E-state index in [-0.39, 0.29) is 11.7 Å². The Hall–Kier alpha value is -0.160. The smallest absolute Gasteiger partial charge is 0.172 e. The molecule has 0 aliphatic carbocycles. The zero-order valence-corrected chi connectivity index (χ0v) is 13.0. The molecule has 0 aromatic carbocycles. The minimum atomic E-state index is -0.659. The first-order valence-corrected chi connectivity index (χ1v) is 6.66. The van der Waals surface area contributed by atoms with Crippen LogP contribution in [0, 0.1) is 5.41 Å². The van der Waals surface area contributed by atoms with Crippen molar-refractivity contribution < 1.29 is 18.9 Å². The van der Waals surface area contributed by atoms with Crippen molar-refractivity contribution in [2.45, 2.75) is 59.5 Å². The van der Waals surface area contributed by atoms with E-state index >= 15 is 0 Å². The van der Waals surface area contributed by atoms with Gasteiger partial charge in [0, 0.05) is 33.9 Å². The van der Waals surface area contributed by atoms with E-state index in [9.17, 15) is 0 Å². The summed E-state index contributed by atoms with van der Waals surface area (Å²) in [5, 5.41) is 0. The molecule has 0 amide bonds. The maximum absolute atomic E-state index is 5.60. The highest BCUT2D eigenvalue weighted by molar-refractivity contribution is 4.78. The summed E-state index contributed by atoms with van der Waals surface area (Å²) in [6.45, 7) is 11.6. The van der Waals surface area contributed by atoms with Crippen LogP contribution in [0.15, 0.2) is 0 Å². The van der Waals surface area contributed by atoms with Crippen LogP contribution in [-0.4, -0.2) is 39.5 Å². The SMILES string of the molecule is CCOC(CC(CC(C)(C)C)(OC)OC)OCC. The third-order valence-electron chi connectivity index (χ3n) is 2.73. The van der Waals surface area contributed by atoms with Crippen molar-refractivity contribution in [2.24, 2.45) is 5.41 Å². The third kappa shape index (κ3) is 6.69. The van der Waals surface area contributed by atoms with E-state index in [1.54, 1.807) is 14.2 Å². The van der Waals surface area contributed by atoms with Crippen molar-refractivity contribution in [3.05, 3.63) is 0 Å². The highest BCUT2D eigenvalue weighted by atomic mass is 16.7. The Morgan fingerprint density at radius 1 is 0.889 bits per heavy atom. The molecule has 0 atom stereocenters. The van der Waals surface area contributed by atoms with Crippen LogP contribution in [0.1, 0.15) is 47.5 Å². The third-order valence-corrected chi connectivity index (χ3v) is 2.73. The quantitative estimate of drug-likeness (QED) is 0.598. The molecule has 0 saturated carbocycles. The molecule has 0 bridgehead atoms. The summed E-state index contributed by atoms with van der Waals surface area (Å²) in [6, 6.07) is 0. The highest BCUT2D eigenvalue weighted by Gasteiger charge is 2.37. The fourth-order valence-electron chi connectivity index (χ4n) is 2.07. The van der Waals surface area contributed by atoms with E-state index in [4.69, 9.17) is 18.9 Å². The summed E-state index contributed by atoms with van der Waals surface area (Å²) in [5.74, 6) is -0.659. The number of rotatable bonds is 9. The summed E-state index contributed by atoms with van der Waals surface area (Å²) in [5.41, 5.74) is 0.106. The summed E-state index contributed by atoms with van der Waals surface area (Å²) in [7, 11) is 3.34. The van der Waals surface area contributed by atoms with Gasteiger partial charge >= 0.3 is 0 Å². The second kappa shape index (κ2) is 8.10. The van der Waals surface area contributed by atoms with Crippen molar-refractivity contribution in [3.8, 4) is 0 Å². The Labute approximate surface area is 112 Å². The van der Waals surface area contributed by atoms with Crippen LogP contribution < -0.4 is 0 Å². The highest BCUT2D eigenvalue weighted by Crippen LogP contribution is 2.34. The number of hydrogen-bond donors (Lipinski definition) is 0. The first-order chi connectivity index (χ1) is 8.32. The average Bonchev–Trinajstić information content (AvgIpc) is 2.27. The van der Waals surface area contributed by atoms with Crippen LogP contribution in [-0.2, 0) is 18.9 Å². The Morgan fingerprint density at radius 2 is 1.33 bits per heavy atom. The summed E-state index contributed by atoms with van der Waals surface area (Å²) < 4.78 is 22.4. The van der Waals surface area contributed by atoms with E-state index in [1.165, 1.54) is 0 Å². The lowest BCUT2D eigenvalue weighted by atomic mass is 9.86. The molecule has 0 fully saturated rings. The first-order valence-electron chi connectivity index (χ1n) is 6.66. The molecule has 0 saturated heterocycles. The van der Waals surface area contributed by atoms with E-state index in [1.807, 2.05) is 13.8 Å². The number of hydrogen-bond acceptors (Lipinski definition) is 4. The molecule has 0 heterocycles. The van der Waals surface area contributed by atoms with Gasteiger partial charge in [0.1, 0.15) is 0 Å². The molecular weight excluding hydrogens is 232 g/mol. The summed E-state index contributed by atoms with van der Waals surface area (Å²) in [6.07, 6.45) is 1.06. The van der Waals surface area contributed by atoms with Gasteiger partial charge in [-0.15, -0.1) is 0 Å². The number of methoxy groups -OCH3 is 2. The molecule has 110 valence electrons. The average molecular weight is 262 g/mol. The summed E-state index contributed by atoms with van der Waals surface area (Å²) >= 11 is 0. The predicted molar refractivity (Wildman–Crippen MR) is 72.5 cm³/mol. The molecule has 18 heavy (non-hydrogen) atoms. The molecule has 0 spiro atoms. The maximum atomic E-state index is 5.60. The summed E-state index contributed by atoms with van der Waals surface area (Å²) in [4.78, 5) is 0. The zero-order valence-electron chi connectivity index (χ0n) is 13.0. The topological polar surface area (TPSA) is 36.9 Å². The molecule has 0 aromatic heterocycles. The minimum absolute atomic E-state index is 0.106. The minimum Gasteiger partial charge on any atom is -0.353 e. The van der Waals surface area contributed by atoms with Gasteiger partial charge < -0.3 is 18.9 Å². The van der Waals surface area contributed by atoms with Gasteiger partial charge in [-0.2, -0.15) is 0 Å². The second-order valence-corrected chi connectivity index (χ2v) is 5.60. The fourth-order valence-corrected chi connectivity index (χ4v) is 2.07. The largest absolute Gasteiger partial charge is 0.353 e. The second-order valence-electron chi connectivity index (χ2n) is 5.60. The molecule has 4 heteroatoms. The van der Waals surface area contributed by atoms with E-state index < -0.39 is 5.79 Å². The van der Waals surface area contributed by atoms with Crippen LogP contribution in [0.4, 0.5) is 0 Å². The van der Waals surface area contributed by atoms with Gasteiger partial charge in [-0.25, -0.2) is 0 Å². The standard InChI is InChI=1S/C14H30O4/c1-8-17-12(18-9-2)10-14(15-6,16-7)11-13(3,4)5/h12H,8-11H2,1-7H3. The maximum Gasteiger partial charge on any atom is 0.172 e. The van der Waals surface area contributed by atoms with Gasteiger partial charge in [0.05, 0.1) is 6.42 Å². The Balaban J connectivity index is 4.74. The molecule has 0 rings (SSSR count). The van der Waals surface area contributed by atoms with Gasteiger partial charge in [-0.05, 0) is 19.3 Å². The van der Waals surface area contributed by atoms with Crippen molar-refractivity contribution in [2.75, 3.05) is 27.4 Å². The molecule has 0 aliphatic heterocycles. The zero-order chi connectivity index (χ0) is 14.2. The van der Waals surface area contributed by atoms with Crippen LogP contribution in [0.5, 0.6) is 0 Å². The number of ether oxygens (including phenoxy) is 4. The van der Waals surface area contributed by atoms with Crippen molar-refractivity contribution in [1.29, 1.82) is 0 Å². The van der Waals surface area contributed by atoms with Gasteiger partial charge in [-0.3, -0.25) is 0 Å². The van der Waals surface area contributed by atoms with Crippen molar-refractivity contribution in [3.63, 3.8) is 0 Å². The molecule has 4 nitrogen and oxygen atoms in total. The fraction of sp³-hybridized carbons (Fsp3) is 1.00. The Bertz CT molecular complexity index is 200. The molecule has 0 aromatic rings. The van der Waals surface area contributed by atoms with Gasteiger partial charge in [0.25, 0.3) is 0 Å². The van der Waals surface area contributed by atoms with Crippen LogP contribution in [0.2, 0.25) is 0 Å². The van der Waals surface area contributed by atoms with Gasteiger partial charge in [-0.1, -0.05) is 20.8 Å². The predicted octanol–water partition coefficient (Wildman–Crippen LogP) is 3.20. The van der Waals surface area contributed by atoms with Crippen LogP contribution in [0.3, 0.4) is 0 Å². The van der Waals surface area contributed by atoms with Gasteiger partial charge in [0.15, 0.2) is 12.1 Å².